The second-order valence-corrected chi connectivity index (χ2v) is 4.69. The topological polar surface area (TPSA) is 98.7 Å². The largest absolute Gasteiger partial charge is 0.472 e. The molecule has 0 aromatic rings. The summed E-state index contributed by atoms with van der Waals surface area (Å²) in [7, 11) is -1.56. The van der Waals surface area contributed by atoms with Crippen molar-refractivity contribution in [3.63, 3.8) is 0 Å². The van der Waals surface area contributed by atoms with E-state index in [1.165, 1.54) is 12.8 Å². The fourth-order valence-corrected chi connectivity index (χ4v) is 2.12. The molecule has 0 unspecified atom stereocenters. The fourth-order valence-electron chi connectivity index (χ4n) is 2.12. The summed E-state index contributed by atoms with van der Waals surface area (Å²) >= 11 is 0. The van der Waals surface area contributed by atoms with Crippen molar-refractivity contribution in [2.75, 3.05) is 13.0 Å². The first-order valence-corrected chi connectivity index (χ1v) is 6.50. The maximum atomic E-state index is 11.8. The lowest BCUT2D eigenvalue weighted by atomic mass is 9.92. The molecule has 0 atom stereocenters. The molecule has 0 aromatic heterocycles. The highest BCUT2D eigenvalue weighted by Crippen LogP contribution is 2.22. The Bertz CT molecular complexity index is 278. The minimum Gasteiger partial charge on any atom is -0.426 e. The van der Waals surface area contributed by atoms with E-state index in [-0.39, 0.29) is 24.8 Å². The Labute approximate surface area is 107 Å². The zero-order valence-electron chi connectivity index (χ0n) is 10.5. The van der Waals surface area contributed by atoms with Gasteiger partial charge in [0, 0.05) is 5.92 Å². The Morgan fingerprint density at radius 1 is 1.06 bits per heavy atom. The van der Waals surface area contributed by atoms with Crippen molar-refractivity contribution in [1.29, 1.82) is 0 Å². The van der Waals surface area contributed by atoms with Gasteiger partial charge in [-0.15, -0.1) is 0 Å². The standard InChI is InChI=1S/C11H21BN2O4/c15-10(14-8-12(17)18)7-13-11(16)9-5-3-1-2-4-6-9/h9,17-18H,1-8H2,(H,13,16)(H,14,15). The molecule has 0 bridgehead atoms. The van der Waals surface area contributed by atoms with Gasteiger partial charge in [0.2, 0.25) is 11.8 Å². The Hall–Kier alpha value is -1.08. The number of carbonyl (C=O) groups excluding carboxylic acids is 2. The van der Waals surface area contributed by atoms with Crippen molar-refractivity contribution in [3.8, 4) is 0 Å². The van der Waals surface area contributed by atoms with Gasteiger partial charge >= 0.3 is 7.12 Å². The summed E-state index contributed by atoms with van der Waals surface area (Å²) in [6.07, 6.45) is 6.06. The van der Waals surface area contributed by atoms with E-state index in [1.54, 1.807) is 0 Å². The molecule has 1 fully saturated rings. The Morgan fingerprint density at radius 2 is 1.67 bits per heavy atom. The molecule has 7 heteroatoms. The highest BCUT2D eigenvalue weighted by molar-refractivity contribution is 6.41. The van der Waals surface area contributed by atoms with Gasteiger partial charge in [-0.05, 0) is 12.8 Å². The molecule has 102 valence electrons. The monoisotopic (exact) mass is 256 g/mol. The van der Waals surface area contributed by atoms with Gasteiger partial charge in [-0.3, -0.25) is 9.59 Å². The smallest absolute Gasteiger partial charge is 0.426 e. The molecular weight excluding hydrogens is 235 g/mol. The molecule has 0 aliphatic heterocycles. The number of amides is 2. The lowest BCUT2D eigenvalue weighted by Gasteiger charge is -2.13. The zero-order valence-corrected chi connectivity index (χ0v) is 10.5. The molecule has 18 heavy (non-hydrogen) atoms. The van der Waals surface area contributed by atoms with E-state index in [0.717, 1.165) is 25.7 Å². The van der Waals surface area contributed by atoms with Gasteiger partial charge in [-0.1, -0.05) is 25.7 Å². The highest BCUT2D eigenvalue weighted by atomic mass is 16.4. The molecule has 0 aromatic carbocycles. The summed E-state index contributed by atoms with van der Waals surface area (Å²) in [6, 6.07) is 0. The van der Waals surface area contributed by atoms with Crippen molar-refractivity contribution < 1.29 is 19.6 Å². The molecule has 0 radical (unpaired) electrons. The van der Waals surface area contributed by atoms with E-state index in [2.05, 4.69) is 10.6 Å². The Morgan fingerprint density at radius 3 is 2.22 bits per heavy atom. The van der Waals surface area contributed by atoms with E-state index in [4.69, 9.17) is 10.0 Å². The number of nitrogens with one attached hydrogen (secondary N) is 2. The van der Waals surface area contributed by atoms with Gasteiger partial charge in [0.05, 0.1) is 13.0 Å². The third kappa shape index (κ3) is 6.02. The van der Waals surface area contributed by atoms with Crippen molar-refractivity contribution in [2.45, 2.75) is 38.5 Å². The normalized spacial score (nSPS) is 16.8. The molecule has 1 aliphatic carbocycles. The van der Waals surface area contributed by atoms with Crippen LogP contribution >= 0.6 is 0 Å². The van der Waals surface area contributed by atoms with E-state index < -0.39 is 13.0 Å². The molecular formula is C11H21BN2O4. The van der Waals surface area contributed by atoms with Crippen LogP contribution in [0.15, 0.2) is 0 Å². The van der Waals surface area contributed by atoms with Crippen LogP contribution in [0.1, 0.15) is 38.5 Å². The van der Waals surface area contributed by atoms with Crippen LogP contribution in [-0.2, 0) is 9.59 Å². The highest BCUT2D eigenvalue weighted by Gasteiger charge is 2.20. The molecule has 4 N–H and O–H groups in total. The van der Waals surface area contributed by atoms with Crippen LogP contribution in [0.5, 0.6) is 0 Å². The van der Waals surface area contributed by atoms with E-state index in [0.29, 0.717) is 0 Å². The van der Waals surface area contributed by atoms with E-state index >= 15 is 0 Å². The van der Waals surface area contributed by atoms with Gasteiger partial charge in [0.1, 0.15) is 0 Å². The van der Waals surface area contributed by atoms with Crippen molar-refractivity contribution in [1.82, 2.24) is 10.6 Å². The average molecular weight is 256 g/mol. The van der Waals surface area contributed by atoms with Crippen LogP contribution in [0.3, 0.4) is 0 Å². The van der Waals surface area contributed by atoms with Crippen LogP contribution in [0.4, 0.5) is 0 Å². The lowest BCUT2D eigenvalue weighted by molar-refractivity contribution is -0.128. The first-order chi connectivity index (χ1) is 8.59. The molecule has 0 heterocycles. The molecule has 0 spiro atoms. The summed E-state index contributed by atoms with van der Waals surface area (Å²) in [6.45, 7) is -0.109. The van der Waals surface area contributed by atoms with Crippen molar-refractivity contribution >= 4 is 18.9 Å². The van der Waals surface area contributed by atoms with Crippen LogP contribution < -0.4 is 10.6 Å². The average Bonchev–Trinajstić information content (AvgIpc) is 2.62. The second kappa shape index (κ2) is 8.10. The quantitative estimate of drug-likeness (QED) is 0.382. The number of rotatable bonds is 5. The van der Waals surface area contributed by atoms with Crippen LogP contribution in [-0.4, -0.2) is 42.0 Å². The minimum atomic E-state index is -1.56. The minimum absolute atomic E-state index is 0.0173. The zero-order chi connectivity index (χ0) is 13.4. The lowest BCUT2D eigenvalue weighted by Crippen LogP contribution is -2.42. The van der Waals surface area contributed by atoms with Crippen LogP contribution in [0, 0.1) is 5.92 Å². The Kier molecular flexibility index (Phi) is 6.74. The SMILES string of the molecule is O=C(CNC(=O)C1CCCCCC1)NCB(O)O. The van der Waals surface area contributed by atoms with Crippen LogP contribution in [0.25, 0.3) is 0 Å². The molecule has 1 rings (SSSR count). The number of hydrogen-bond acceptors (Lipinski definition) is 4. The summed E-state index contributed by atoms with van der Waals surface area (Å²) in [5.41, 5.74) is 0. The maximum absolute atomic E-state index is 11.8. The second-order valence-electron chi connectivity index (χ2n) is 4.69. The van der Waals surface area contributed by atoms with E-state index in [9.17, 15) is 9.59 Å². The predicted molar refractivity (Wildman–Crippen MR) is 67.4 cm³/mol. The summed E-state index contributed by atoms with van der Waals surface area (Å²) in [4.78, 5) is 23.1. The first-order valence-electron chi connectivity index (χ1n) is 6.50. The molecule has 1 aliphatic rings. The summed E-state index contributed by atoms with van der Waals surface area (Å²) < 4.78 is 0. The van der Waals surface area contributed by atoms with Crippen LogP contribution in [0.2, 0.25) is 0 Å². The molecule has 0 saturated heterocycles. The first kappa shape index (κ1) is 15.0. The number of carbonyl (C=O) groups is 2. The fraction of sp³-hybridized carbons (Fsp3) is 0.818. The van der Waals surface area contributed by atoms with Gasteiger partial charge in [0.15, 0.2) is 0 Å². The van der Waals surface area contributed by atoms with Crippen molar-refractivity contribution in [3.05, 3.63) is 0 Å². The number of hydrogen-bond donors (Lipinski definition) is 4. The predicted octanol–water partition coefficient (Wildman–Crippen LogP) is -0.799. The molecule has 2 amide bonds. The van der Waals surface area contributed by atoms with Gasteiger partial charge in [0.25, 0.3) is 0 Å². The van der Waals surface area contributed by atoms with Gasteiger partial charge < -0.3 is 20.7 Å². The third-order valence-corrected chi connectivity index (χ3v) is 3.13. The third-order valence-electron chi connectivity index (χ3n) is 3.13. The van der Waals surface area contributed by atoms with E-state index in [1.807, 2.05) is 0 Å². The summed E-state index contributed by atoms with van der Waals surface area (Å²) in [5, 5.41) is 22.0. The summed E-state index contributed by atoms with van der Waals surface area (Å²) in [5.74, 6) is -0.467. The van der Waals surface area contributed by atoms with Gasteiger partial charge in [-0.25, -0.2) is 0 Å². The Balaban J connectivity index is 2.20. The van der Waals surface area contributed by atoms with Crippen molar-refractivity contribution in [2.24, 2.45) is 5.92 Å². The molecule has 6 nitrogen and oxygen atoms in total. The maximum Gasteiger partial charge on any atom is 0.472 e. The molecule has 1 saturated carbocycles. The van der Waals surface area contributed by atoms with Gasteiger partial charge in [-0.2, -0.15) is 0 Å².